The molecule has 5 nitrogen and oxygen atoms in total. The van der Waals surface area contributed by atoms with E-state index in [-0.39, 0.29) is 5.91 Å². The predicted octanol–water partition coefficient (Wildman–Crippen LogP) is 1.70. The van der Waals surface area contributed by atoms with Crippen LogP contribution in [0.1, 0.15) is 28.0 Å². The van der Waals surface area contributed by atoms with E-state index >= 15 is 0 Å². The lowest BCUT2D eigenvalue weighted by Crippen LogP contribution is -2.26. The van der Waals surface area contributed by atoms with Gasteiger partial charge in [-0.25, -0.2) is 4.98 Å². The maximum absolute atomic E-state index is 12.2. The monoisotopic (exact) mass is 250 g/mol. The third-order valence-corrected chi connectivity index (χ3v) is 3.47. The van der Waals surface area contributed by atoms with Gasteiger partial charge in [-0.15, -0.1) is 11.3 Å². The quantitative estimate of drug-likeness (QED) is 0.898. The first-order valence-electron chi connectivity index (χ1n) is 5.38. The highest BCUT2D eigenvalue weighted by atomic mass is 32.1. The molecule has 6 heteroatoms. The summed E-state index contributed by atoms with van der Waals surface area (Å²) in [5.74, 6) is 0.726. The number of nitrogens with zero attached hydrogens (tertiary/aromatic N) is 3. The molecule has 0 aliphatic heterocycles. The lowest BCUT2D eigenvalue weighted by Gasteiger charge is -2.15. The molecular weight excluding hydrogens is 236 g/mol. The van der Waals surface area contributed by atoms with Crippen LogP contribution in [0.15, 0.2) is 17.8 Å². The fourth-order valence-electron chi connectivity index (χ4n) is 1.58. The molecular formula is C11H14N4OS. The van der Waals surface area contributed by atoms with Gasteiger partial charge in [-0.3, -0.25) is 9.89 Å². The first kappa shape index (κ1) is 11.8. The van der Waals surface area contributed by atoms with Crippen molar-refractivity contribution >= 4 is 17.2 Å². The zero-order chi connectivity index (χ0) is 12.3. The van der Waals surface area contributed by atoms with Crippen molar-refractivity contribution in [2.45, 2.75) is 19.9 Å². The molecule has 2 aromatic heterocycles. The van der Waals surface area contributed by atoms with Crippen LogP contribution in [0, 0.1) is 0 Å². The Labute approximate surface area is 103 Å². The number of rotatable bonds is 4. The summed E-state index contributed by atoms with van der Waals surface area (Å²) in [4.78, 5) is 18.7. The second-order valence-electron chi connectivity index (χ2n) is 3.72. The minimum Gasteiger partial charge on any atom is -0.333 e. The molecule has 0 unspecified atom stereocenters. The maximum Gasteiger partial charge on any atom is 0.264 e. The van der Waals surface area contributed by atoms with Crippen LogP contribution in [0.4, 0.5) is 0 Å². The number of nitrogens with one attached hydrogen (secondary N) is 1. The Bertz CT molecular complexity index is 491. The van der Waals surface area contributed by atoms with Gasteiger partial charge < -0.3 is 4.90 Å². The van der Waals surface area contributed by atoms with Crippen LogP contribution in [0.3, 0.4) is 0 Å². The molecule has 17 heavy (non-hydrogen) atoms. The average Bonchev–Trinajstić information content (AvgIpc) is 2.97. The van der Waals surface area contributed by atoms with Gasteiger partial charge in [0.05, 0.1) is 11.4 Å². The molecule has 0 saturated heterocycles. The van der Waals surface area contributed by atoms with E-state index in [1.54, 1.807) is 11.9 Å². The molecule has 0 bridgehead atoms. The Balaban J connectivity index is 2.09. The molecule has 1 amide bonds. The van der Waals surface area contributed by atoms with Gasteiger partial charge in [0, 0.05) is 7.05 Å². The average molecular weight is 250 g/mol. The van der Waals surface area contributed by atoms with E-state index in [2.05, 4.69) is 22.1 Å². The molecule has 2 aromatic rings. The Morgan fingerprint density at radius 1 is 1.59 bits per heavy atom. The van der Waals surface area contributed by atoms with E-state index in [1.165, 1.54) is 17.7 Å². The topological polar surface area (TPSA) is 61.9 Å². The summed E-state index contributed by atoms with van der Waals surface area (Å²) < 4.78 is 0. The molecule has 0 saturated carbocycles. The molecule has 2 rings (SSSR count). The van der Waals surface area contributed by atoms with Crippen LogP contribution in [-0.2, 0) is 13.0 Å². The number of hydrogen-bond acceptors (Lipinski definition) is 4. The van der Waals surface area contributed by atoms with Gasteiger partial charge in [0.15, 0.2) is 0 Å². The highest BCUT2D eigenvalue weighted by molar-refractivity contribution is 7.12. The summed E-state index contributed by atoms with van der Waals surface area (Å²) in [6.07, 6.45) is 2.32. The van der Waals surface area contributed by atoms with Crippen molar-refractivity contribution in [3.63, 3.8) is 0 Å². The number of H-pyrrole nitrogens is 1. The van der Waals surface area contributed by atoms with Gasteiger partial charge in [0.1, 0.15) is 12.2 Å². The van der Waals surface area contributed by atoms with E-state index in [4.69, 9.17) is 0 Å². The third-order valence-electron chi connectivity index (χ3n) is 2.52. The zero-order valence-electron chi connectivity index (χ0n) is 9.80. The standard InChI is InChI=1S/C11H14N4OS/c1-3-8-4-5-17-10(8)11(16)15(2)6-9-12-7-13-14-9/h4-5,7H,3,6H2,1-2H3,(H,12,13,14). The molecule has 0 atom stereocenters. The van der Waals surface area contributed by atoms with E-state index < -0.39 is 0 Å². The predicted molar refractivity (Wildman–Crippen MR) is 65.9 cm³/mol. The number of aryl methyl sites for hydroxylation is 1. The van der Waals surface area contributed by atoms with E-state index in [9.17, 15) is 4.79 Å². The smallest absolute Gasteiger partial charge is 0.264 e. The first-order chi connectivity index (χ1) is 8.22. The Hall–Kier alpha value is -1.69. The van der Waals surface area contributed by atoms with Crippen molar-refractivity contribution in [3.8, 4) is 0 Å². The molecule has 0 radical (unpaired) electrons. The molecule has 2 heterocycles. The van der Waals surface area contributed by atoms with Gasteiger partial charge >= 0.3 is 0 Å². The second kappa shape index (κ2) is 5.09. The summed E-state index contributed by atoms with van der Waals surface area (Å²) in [5, 5.41) is 8.46. The molecule has 0 fully saturated rings. The van der Waals surface area contributed by atoms with Crippen LogP contribution >= 0.6 is 11.3 Å². The van der Waals surface area contributed by atoms with Gasteiger partial charge in [-0.05, 0) is 23.4 Å². The van der Waals surface area contributed by atoms with Crippen molar-refractivity contribution in [1.82, 2.24) is 20.1 Å². The fraction of sp³-hybridized carbons (Fsp3) is 0.364. The number of hydrogen-bond donors (Lipinski definition) is 1. The SMILES string of the molecule is CCc1ccsc1C(=O)N(C)Cc1ncn[nH]1. The van der Waals surface area contributed by atoms with Gasteiger partial charge in [-0.2, -0.15) is 5.10 Å². The van der Waals surface area contributed by atoms with E-state index in [0.29, 0.717) is 12.4 Å². The van der Waals surface area contributed by atoms with E-state index in [0.717, 1.165) is 16.9 Å². The summed E-state index contributed by atoms with van der Waals surface area (Å²) in [5.41, 5.74) is 1.10. The van der Waals surface area contributed by atoms with Crippen molar-refractivity contribution in [3.05, 3.63) is 34.0 Å². The van der Waals surface area contributed by atoms with Crippen LogP contribution in [-0.4, -0.2) is 33.0 Å². The van der Waals surface area contributed by atoms with Crippen LogP contribution in [0.2, 0.25) is 0 Å². The van der Waals surface area contributed by atoms with Gasteiger partial charge in [-0.1, -0.05) is 6.92 Å². The fourth-order valence-corrected chi connectivity index (χ4v) is 2.57. The molecule has 90 valence electrons. The highest BCUT2D eigenvalue weighted by Crippen LogP contribution is 2.19. The first-order valence-corrected chi connectivity index (χ1v) is 6.26. The van der Waals surface area contributed by atoms with Crippen molar-refractivity contribution in [2.75, 3.05) is 7.05 Å². The zero-order valence-corrected chi connectivity index (χ0v) is 10.6. The van der Waals surface area contributed by atoms with Gasteiger partial charge in [0.2, 0.25) is 0 Å². The highest BCUT2D eigenvalue weighted by Gasteiger charge is 2.17. The molecule has 0 aliphatic rings. The number of carbonyl (C=O) groups excluding carboxylic acids is 1. The molecule has 0 aliphatic carbocycles. The number of thiophene rings is 1. The van der Waals surface area contributed by atoms with E-state index in [1.807, 2.05) is 11.4 Å². The normalized spacial score (nSPS) is 10.5. The third kappa shape index (κ3) is 2.52. The van der Waals surface area contributed by atoms with Crippen LogP contribution in [0.5, 0.6) is 0 Å². The lowest BCUT2D eigenvalue weighted by molar-refractivity contribution is 0.0785. The molecule has 1 N–H and O–H groups in total. The molecule has 0 spiro atoms. The minimum atomic E-state index is 0.0354. The second-order valence-corrected chi connectivity index (χ2v) is 4.64. The lowest BCUT2D eigenvalue weighted by atomic mass is 10.2. The number of carbonyl (C=O) groups is 1. The van der Waals surface area contributed by atoms with Gasteiger partial charge in [0.25, 0.3) is 5.91 Å². The van der Waals surface area contributed by atoms with Crippen molar-refractivity contribution in [1.29, 1.82) is 0 Å². The number of aromatic nitrogens is 3. The summed E-state index contributed by atoms with van der Waals surface area (Å²) in [6.45, 7) is 2.50. The Morgan fingerprint density at radius 2 is 2.41 bits per heavy atom. The maximum atomic E-state index is 12.2. The van der Waals surface area contributed by atoms with Crippen LogP contribution in [0.25, 0.3) is 0 Å². The summed E-state index contributed by atoms with van der Waals surface area (Å²) >= 11 is 1.49. The summed E-state index contributed by atoms with van der Waals surface area (Å²) in [6, 6.07) is 2.00. The molecule has 0 aromatic carbocycles. The van der Waals surface area contributed by atoms with Crippen molar-refractivity contribution in [2.24, 2.45) is 0 Å². The van der Waals surface area contributed by atoms with Crippen LogP contribution < -0.4 is 0 Å². The number of amides is 1. The van der Waals surface area contributed by atoms with Crippen molar-refractivity contribution < 1.29 is 4.79 Å². The largest absolute Gasteiger partial charge is 0.333 e. The Morgan fingerprint density at radius 3 is 3.06 bits per heavy atom. The minimum absolute atomic E-state index is 0.0354. The number of aromatic amines is 1. The Kier molecular flexibility index (Phi) is 3.53. The summed E-state index contributed by atoms with van der Waals surface area (Å²) in [7, 11) is 1.77.